The molecule has 2 aliphatic rings. The van der Waals surface area contributed by atoms with Crippen molar-refractivity contribution in [3.05, 3.63) is 0 Å². The summed E-state index contributed by atoms with van der Waals surface area (Å²) in [5, 5.41) is 47.2. The number of rotatable bonds is 4. The Morgan fingerprint density at radius 2 is 1.75 bits per heavy atom. The van der Waals surface area contributed by atoms with Gasteiger partial charge in [-0.15, -0.1) is 0 Å². The number of aliphatic hydroxyl groups excluding tert-OH is 5. The topological polar surface area (TPSA) is 129 Å². The first kappa shape index (κ1) is 16.1. The number of ether oxygens (including phenoxy) is 3. The molecule has 0 radical (unpaired) electrons. The SMILES string of the molecule is OC[C@H]1C[C@@H](O)[C@H](O)C(O[C@H]2CO[C@H](CO)[C@@H](O)C2)O1. The van der Waals surface area contributed by atoms with E-state index in [1.54, 1.807) is 0 Å². The van der Waals surface area contributed by atoms with Gasteiger partial charge in [0.25, 0.3) is 0 Å². The van der Waals surface area contributed by atoms with Crippen LogP contribution in [0.25, 0.3) is 0 Å². The Morgan fingerprint density at radius 3 is 2.35 bits per heavy atom. The average molecular weight is 294 g/mol. The van der Waals surface area contributed by atoms with Gasteiger partial charge in [0.1, 0.15) is 12.2 Å². The van der Waals surface area contributed by atoms with Crippen molar-refractivity contribution in [3.63, 3.8) is 0 Å². The Balaban J connectivity index is 1.88. The lowest BCUT2D eigenvalue weighted by Gasteiger charge is -2.40. The van der Waals surface area contributed by atoms with Gasteiger partial charge in [0, 0.05) is 12.8 Å². The highest BCUT2D eigenvalue weighted by Crippen LogP contribution is 2.25. The summed E-state index contributed by atoms with van der Waals surface area (Å²) in [5.74, 6) is 0. The van der Waals surface area contributed by atoms with E-state index in [0.29, 0.717) is 0 Å². The Labute approximate surface area is 116 Å². The quantitative estimate of drug-likeness (QED) is 0.380. The molecule has 5 N–H and O–H groups in total. The first-order valence-corrected chi connectivity index (χ1v) is 6.73. The van der Waals surface area contributed by atoms with E-state index in [2.05, 4.69) is 0 Å². The summed E-state index contributed by atoms with van der Waals surface area (Å²) in [4.78, 5) is 0. The zero-order chi connectivity index (χ0) is 14.7. The fourth-order valence-corrected chi connectivity index (χ4v) is 2.44. The van der Waals surface area contributed by atoms with Crippen molar-refractivity contribution in [2.45, 2.75) is 55.8 Å². The van der Waals surface area contributed by atoms with Gasteiger partial charge in [-0.05, 0) is 0 Å². The van der Waals surface area contributed by atoms with E-state index in [9.17, 15) is 15.3 Å². The second kappa shape index (κ2) is 7.10. The Kier molecular flexibility index (Phi) is 5.70. The van der Waals surface area contributed by atoms with Gasteiger partial charge < -0.3 is 39.7 Å². The maximum Gasteiger partial charge on any atom is 0.186 e. The maximum absolute atomic E-state index is 9.82. The summed E-state index contributed by atoms with van der Waals surface area (Å²) in [6, 6.07) is 0. The maximum atomic E-state index is 9.82. The van der Waals surface area contributed by atoms with Crippen LogP contribution in [0, 0.1) is 0 Å². The van der Waals surface area contributed by atoms with Crippen LogP contribution in [0.1, 0.15) is 12.8 Å². The van der Waals surface area contributed by atoms with Crippen LogP contribution in [0.4, 0.5) is 0 Å². The second-order valence-corrected chi connectivity index (χ2v) is 5.22. The molecule has 0 spiro atoms. The first-order chi connectivity index (χ1) is 9.55. The van der Waals surface area contributed by atoms with Gasteiger partial charge >= 0.3 is 0 Å². The van der Waals surface area contributed by atoms with Crippen LogP contribution in [0.3, 0.4) is 0 Å². The van der Waals surface area contributed by atoms with Crippen molar-refractivity contribution in [2.24, 2.45) is 0 Å². The molecule has 20 heavy (non-hydrogen) atoms. The van der Waals surface area contributed by atoms with Crippen molar-refractivity contribution in [2.75, 3.05) is 19.8 Å². The van der Waals surface area contributed by atoms with Crippen molar-refractivity contribution < 1.29 is 39.7 Å². The van der Waals surface area contributed by atoms with Crippen LogP contribution < -0.4 is 0 Å². The fourth-order valence-electron chi connectivity index (χ4n) is 2.44. The number of hydrogen-bond acceptors (Lipinski definition) is 8. The fraction of sp³-hybridized carbons (Fsp3) is 1.00. The van der Waals surface area contributed by atoms with Gasteiger partial charge in [-0.2, -0.15) is 0 Å². The Bertz CT molecular complexity index is 301. The third-order valence-electron chi connectivity index (χ3n) is 3.64. The van der Waals surface area contributed by atoms with E-state index < -0.39 is 42.9 Å². The van der Waals surface area contributed by atoms with E-state index in [-0.39, 0.29) is 32.7 Å². The molecule has 8 heteroatoms. The molecule has 0 aliphatic carbocycles. The molecule has 2 fully saturated rings. The molecule has 0 saturated carbocycles. The van der Waals surface area contributed by atoms with Crippen LogP contribution in [0.2, 0.25) is 0 Å². The summed E-state index contributed by atoms with van der Waals surface area (Å²) in [5.41, 5.74) is 0. The van der Waals surface area contributed by atoms with E-state index in [1.807, 2.05) is 0 Å². The molecule has 8 nitrogen and oxygen atoms in total. The van der Waals surface area contributed by atoms with Crippen LogP contribution in [0.15, 0.2) is 0 Å². The molecule has 0 bridgehead atoms. The lowest BCUT2D eigenvalue weighted by Crippen LogP contribution is -2.53. The van der Waals surface area contributed by atoms with Gasteiger partial charge in [-0.3, -0.25) is 0 Å². The largest absolute Gasteiger partial charge is 0.394 e. The lowest BCUT2D eigenvalue weighted by molar-refractivity contribution is -0.298. The standard InChI is InChI=1S/C12H22O8/c13-3-6-1-9(16)11(17)12(19-6)20-7-2-8(15)10(4-14)18-5-7/h6-17H,1-5H2/t6-,7-,8+,9-,10-,11+,12?/m1/s1. The van der Waals surface area contributed by atoms with E-state index in [0.717, 1.165) is 0 Å². The third kappa shape index (κ3) is 3.66. The zero-order valence-corrected chi connectivity index (χ0v) is 11.0. The van der Waals surface area contributed by atoms with Gasteiger partial charge in [0.15, 0.2) is 6.29 Å². The summed E-state index contributed by atoms with van der Waals surface area (Å²) >= 11 is 0. The summed E-state index contributed by atoms with van der Waals surface area (Å²) in [6.45, 7) is -0.406. The van der Waals surface area contributed by atoms with E-state index >= 15 is 0 Å². The highest BCUT2D eigenvalue weighted by atomic mass is 16.7. The van der Waals surface area contributed by atoms with Crippen molar-refractivity contribution in [1.29, 1.82) is 0 Å². The molecule has 0 aromatic heterocycles. The van der Waals surface area contributed by atoms with Gasteiger partial charge in [0.2, 0.25) is 0 Å². The van der Waals surface area contributed by atoms with E-state index in [4.69, 9.17) is 24.4 Å². The van der Waals surface area contributed by atoms with Crippen LogP contribution in [-0.4, -0.2) is 88.3 Å². The molecule has 2 heterocycles. The van der Waals surface area contributed by atoms with Crippen LogP contribution in [0.5, 0.6) is 0 Å². The molecule has 118 valence electrons. The predicted molar refractivity (Wildman–Crippen MR) is 64.7 cm³/mol. The molecule has 2 aliphatic heterocycles. The highest BCUT2D eigenvalue weighted by molar-refractivity contribution is 4.84. The van der Waals surface area contributed by atoms with Crippen molar-refractivity contribution >= 4 is 0 Å². The molecule has 0 aromatic carbocycles. The van der Waals surface area contributed by atoms with Gasteiger partial charge in [-0.25, -0.2) is 0 Å². The Morgan fingerprint density at radius 1 is 1.00 bits per heavy atom. The van der Waals surface area contributed by atoms with Gasteiger partial charge in [-0.1, -0.05) is 0 Å². The van der Waals surface area contributed by atoms with E-state index in [1.165, 1.54) is 0 Å². The molecular weight excluding hydrogens is 272 g/mol. The summed E-state index contributed by atoms with van der Waals surface area (Å²) < 4.78 is 16.1. The second-order valence-electron chi connectivity index (χ2n) is 5.22. The predicted octanol–water partition coefficient (Wildman–Crippen LogP) is -2.66. The van der Waals surface area contributed by atoms with Gasteiger partial charge in [0.05, 0.1) is 44.2 Å². The van der Waals surface area contributed by atoms with Crippen LogP contribution >= 0.6 is 0 Å². The first-order valence-electron chi connectivity index (χ1n) is 6.73. The van der Waals surface area contributed by atoms with Crippen molar-refractivity contribution in [1.82, 2.24) is 0 Å². The minimum Gasteiger partial charge on any atom is -0.394 e. The number of hydrogen-bond donors (Lipinski definition) is 5. The molecule has 1 unspecified atom stereocenters. The average Bonchev–Trinajstić information content (AvgIpc) is 2.43. The zero-order valence-electron chi connectivity index (χ0n) is 11.0. The highest BCUT2D eigenvalue weighted by Gasteiger charge is 2.40. The van der Waals surface area contributed by atoms with Crippen molar-refractivity contribution in [3.8, 4) is 0 Å². The molecule has 7 atom stereocenters. The minimum absolute atomic E-state index is 0.133. The number of aliphatic hydroxyl groups is 5. The Hall–Kier alpha value is -0.320. The molecule has 0 amide bonds. The minimum atomic E-state index is -1.22. The third-order valence-corrected chi connectivity index (χ3v) is 3.64. The lowest BCUT2D eigenvalue weighted by atomic mass is 10.0. The smallest absolute Gasteiger partial charge is 0.186 e. The molecule has 0 aromatic rings. The monoisotopic (exact) mass is 294 g/mol. The summed E-state index contributed by atoms with van der Waals surface area (Å²) in [7, 11) is 0. The van der Waals surface area contributed by atoms with Crippen LogP contribution in [-0.2, 0) is 14.2 Å². The molecular formula is C12H22O8. The molecule has 2 saturated heterocycles. The summed E-state index contributed by atoms with van der Waals surface area (Å²) in [6.07, 6.45) is -5.58. The molecule has 2 rings (SSSR count). The normalized spacial score (nSPS) is 46.4.